The number of hydrogen-bond acceptors (Lipinski definition) is 3. The third-order valence-corrected chi connectivity index (χ3v) is 2.94. The average Bonchev–Trinajstić information content (AvgIpc) is 2.74. The van der Waals surface area contributed by atoms with Gasteiger partial charge in [0.05, 0.1) is 16.5 Å². The average molecular weight is 231 g/mol. The Hall–Kier alpha value is -1.93. The molecule has 0 aliphatic carbocycles. The molecule has 0 saturated heterocycles. The van der Waals surface area contributed by atoms with Crippen LogP contribution in [-0.4, -0.2) is 20.2 Å². The Morgan fingerprint density at radius 1 is 1.38 bits per heavy atom. The molecule has 1 aromatic carbocycles. The minimum Gasteiger partial charge on any atom is -0.253 e. The van der Waals surface area contributed by atoms with Crippen molar-refractivity contribution in [3.63, 3.8) is 0 Å². The van der Waals surface area contributed by atoms with E-state index >= 15 is 0 Å². The molecule has 5 heteroatoms. The van der Waals surface area contributed by atoms with Crippen LogP contribution in [-0.2, 0) is 10.8 Å². The summed E-state index contributed by atoms with van der Waals surface area (Å²) in [6.07, 6.45) is 3.10. The fourth-order valence-corrected chi connectivity index (χ4v) is 1.97. The van der Waals surface area contributed by atoms with E-state index in [9.17, 15) is 4.21 Å². The highest BCUT2D eigenvalue weighted by molar-refractivity contribution is 7.84. The Kier molecular flexibility index (Phi) is 2.84. The van der Waals surface area contributed by atoms with Crippen molar-refractivity contribution in [3.05, 3.63) is 42.1 Å². The van der Waals surface area contributed by atoms with Crippen LogP contribution in [0, 0.1) is 11.3 Å². The van der Waals surface area contributed by atoms with E-state index in [-0.39, 0.29) is 0 Å². The number of nitriles is 1. The van der Waals surface area contributed by atoms with E-state index in [1.165, 1.54) is 6.26 Å². The van der Waals surface area contributed by atoms with Gasteiger partial charge in [-0.25, -0.2) is 4.68 Å². The van der Waals surface area contributed by atoms with Gasteiger partial charge in [-0.05, 0) is 12.1 Å². The number of nitrogens with zero attached hydrogens (tertiary/aromatic N) is 3. The van der Waals surface area contributed by atoms with Crippen molar-refractivity contribution in [1.82, 2.24) is 9.78 Å². The van der Waals surface area contributed by atoms with Crippen molar-refractivity contribution in [1.29, 1.82) is 5.26 Å². The first kappa shape index (κ1) is 10.6. The molecule has 0 bridgehead atoms. The summed E-state index contributed by atoms with van der Waals surface area (Å²) in [5.41, 5.74) is 1.19. The maximum absolute atomic E-state index is 11.4. The second kappa shape index (κ2) is 4.29. The van der Waals surface area contributed by atoms with Crippen molar-refractivity contribution >= 4 is 10.8 Å². The molecular formula is C11H9N3OS. The molecule has 16 heavy (non-hydrogen) atoms. The summed E-state index contributed by atoms with van der Waals surface area (Å²) < 4.78 is 12.9. The van der Waals surface area contributed by atoms with Crippen LogP contribution in [0.1, 0.15) is 5.56 Å². The van der Waals surface area contributed by atoms with Crippen molar-refractivity contribution in [2.24, 2.45) is 0 Å². The van der Waals surface area contributed by atoms with E-state index in [1.54, 1.807) is 10.9 Å². The molecule has 0 N–H and O–H groups in total. The highest BCUT2D eigenvalue weighted by Crippen LogP contribution is 2.13. The van der Waals surface area contributed by atoms with Crippen LogP contribution < -0.4 is 0 Å². The van der Waals surface area contributed by atoms with Gasteiger partial charge in [0, 0.05) is 12.5 Å². The van der Waals surface area contributed by atoms with E-state index < -0.39 is 10.8 Å². The number of hydrogen-bond donors (Lipinski definition) is 0. The molecule has 0 radical (unpaired) electrons. The first-order valence-corrected chi connectivity index (χ1v) is 6.17. The summed E-state index contributed by atoms with van der Waals surface area (Å²) >= 11 is 0. The number of rotatable bonds is 2. The minimum atomic E-state index is -1.25. The Morgan fingerprint density at radius 3 is 2.56 bits per heavy atom. The Bertz CT molecular complexity index is 569. The van der Waals surface area contributed by atoms with Crippen molar-refractivity contribution in [3.8, 4) is 11.8 Å². The molecule has 1 aromatic heterocycles. The summed E-state index contributed by atoms with van der Waals surface area (Å²) in [5, 5.41) is 13.4. The number of aromatic nitrogens is 2. The summed E-state index contributed by atoms with van der Waals surface area (Å²) in [7, 11) is -1.25. The van der Waals surface area contributed by atoms with E-state index in [0.29, 0.717) is 10.6 Å². The van der Waals surface area contributed by atoms with Crippen molar-refractivity contribution in [2.75, 3.05) is 6.26 Å². The fraction of sp³-hybridized carbons (Fsp3) is 0.0909. The standard InChI is InChI=1S/C11H9N3OS/c1-16(15)11-9(7-12)8-14(13-11)10-5-3-2-4-6-10/h2-6,8H,1H3. The van der Waals surface area contributed by atoms with E-state index in [2.05, 4.69) is 5.10 Å². The lowest BCUT2D eigenvalue weighted by atomic mass is 10.3. The zero-order valence-corrected chi connectivity index (χ0v) is 9.44. The van der Waals surface area contributed by atoms with E-state index in [1.807, 2.05) is 36.4 Å². The van der Waals surface area contributed by atoms with Gasteiger partial charge >= 0.3 is 0 Å². The molecular weight excluding hydrogens is 222 g/mol. The summed E-state index contributed by atoms with van der Waals surface area (Å²) in [6, 6.07) is 11.4. The molecule has 0 spiro atoms. The fourth-order valence-electron chi connectivity index (χ4n) is 1.36. The second-order valence-corrected chi connectivity index (χ2v) is 4.49. The Morgan fingerprint density at radius 2 is 2.06 bits per heavy atom. The predicted molar refractivity (Wildman–Crippen MR) is 60.6 cm³/mol. The zero-order chi connectivity index (χ0) is 11.5. The first-order valence-electron chi connectivity index (χ1n) is 4.61. The molecule has 2 aromatic rings. The zero-order valence-electron chi connectivity index (χ0n) is 8.62. The summed E-state index contributed by atoms with van der Waals surface area (Å²) in [6.45, 7) is 0. The van der Waals surface area contributed by atoms with Crippen LogP contribution in [0.3, 0.4) is 0 Å². The lowest BCUT2D eigenvalue weighted by Crippen LogP contribution is -1.96. The maximum atomic E-state index is 11.4. The highest BCUT2D eigenvalue weighted by atomic mass is 32.2. The number of benzene rings is 1. The van der Waals surface area contributed by atoms with Gasteiger partial charge < -0.3 is 0 Å². The van der Waals surface area contributed by atoms with E-state index in [0.717, 1.165) is 5.69 Å². The molecule has 1 unspecified atom stereocenters. The molecule has 4 nitrogen and oxygen atoms in total. The van der Waals surface area contributed by atoms with Crippen LogP contribution in [0.5, 0.6) is 0 Å². The van der Waals surface area contributed by atoms with Gasteiger partial charge in [-0.2, -0.15) is 10.4 Å². The lowest BCUT2D eigenvalue weighted by molar-refractivity contribution is 0.681. The van der Waals surface area contributed by atoms with Gasteiger partial charge in [-0.3, -0.25) is 4.21 Å². The van der Waals surface area contributed by atoms with Gasteiger partial charge in [0.2, 0.25) is 0 Å². The molecule has 1 atom stereocenters. The van der Waals surface area contributed by atoms with Gasteiger partial charge in [-0.15, -0.1) is 0 Å². The van der Waals surface area contributed by atoms with E-state index in [4.69, 9.17) is 5.26 Å². The predicted octanol–water partition coefficient (Wildman–Crippen LogP) is 1.48. The molecule has 0 fully saturated rings. The summed E-state index contributed by atoms with van der Waals surface area (Å²) in [4.78, 5) is 0. The van der Waals surface area contributed by atoms with Gasteiger partial charge in [0.1, 0.15) is 11.6 Å². The molecule has 0 aliphatic rings. The minimum absolute atomic E-state index is 0.325. The number of para-hydroxylation sites is 1. The van der Waals surface area contributed by atoms with Crippen LogP contribution in [0.25, 0.3) is 5.69 Å². The van der Waals surface area contributed by atoms with Gasteiger partial charge in [0.15, 0.2) is 5.03 Å². The third-order valence-electron chi connectivity index (χ3n) is 2.09. The van der Waals surface area contributed by atoms with Gasteiger partial charge in [-0.1, -0.05) is 18.2 Å². The summed E-state index contributed by atoms with van der Waals surface area (Å²) in [5.74, 6) is 0. The first-order chi connectivity index (χ1) is 7.72. The molecule has 0 aliphatic heterocycles. The molecule has 80 valence electrons. The quantitative estimate of drug-likeness (QED) is 0.786. The van der Waals surface area contributed by atoms with Crippen LogP contribution in [0.4, 0.5) is 0 Å². The normalized spacial score (nSPS) is 12.0. The molecule has 0 amide bonds. The maximum Gasteiger partial charge on any atom is 0.167 e. The monoisotopic (exact) mass is 231 g/mol. The third kappa shape index (κ3) is 1.88. The van der Waals surface area contributed by atoms with Crippen LogP contribution in [0.2, 0.25) is 0 Å². The highest BCUT2D eigenvalue weighted by Gasteiger charge is 2.12. The van der Waals surface area contributed by atoms with Crippen LogP contribution in [0.15, 0.2) is 41.6 Å². The molecule has 2 rings (SSSR count). The molecule has 1 heterocycles. The van der Waals surface area contributed by atoms with Crippen molar-refractivity contribution < 1.29 is 4.21 Å². The van der Waals surface area contributed by atoms with Crippen LogP contribution >= 0.6 is 0 Å². The van der Waals surface area contributed by atoms with Gasteiger partial charge in [0.25, 0.3) is 0 Å². The Balaban J connectivity index is 2.54. The lowest BCUT2D eigenvalue weighted by Gasteiger charge is -1.98. The van der Waals surface area contributed by atoms with Crippen molar-refractivity contribution in [2.45, 2.75) is 5.03 Å². The Labute approximate surface area is 95.6 Å². The smallest absolute Gasteiger partial charge is 0.167 e. The SMILES string of the molecule is CS(=O)c1nn(-c2ccccc2)cc1C#N. The second-order valence-electron chi connectivity index (χ2n) is 3.19. The largest absolute Gasteiger partial charge is 0.253 e. The topological polar surface area (TPSA) is 58.7 Å². The molecule has 0 saturated carbocycles.